The molecule has 1 saturated heterocycles. The minimum absolute atomic E-state index is 0.457. The molecule has 1 aliphatic carbocycles. The van der Waals surface area contributed by atoms with Gasteiger partial charge >= 0.3 is 0 Å². The highest BCUT2D eigenvalue weighted by Crippen LogP contribution is 2.52. The Labute approximate surface area is 125 Å². The largest absolute Gasteiger partial charge is 0.381 e. The summed E-state index contributed by atoms with van der Waals surface area (Å²) in [6.45, 7) is 18.7. The number of hydrogen-bond donors (Lipinski definition) is 0. The standard InChI is InChI=1S/C17H26O.C2H6/c1-5-6-14(4)16-12-17(7-9-18-10-8-17)11-15(16)13(2)3;1-2/h2,4-12H2,1,3H3;1-2H3. The van der Waals surface area contributed by atoms with Crippen LogP contribution in [0.5, 0.6) is 0 Å². The molecule has 1 aliphatic heterocycles. The quantitative estimate of drug-likeness (QED) is 0.627. The van der Waals surface area contributed by atoms with E-state index in [2.05, 4.69) is 27.0 Å². The molecule has 1 spiro atoms. The maximum atomic E-state index is 5.53. The van der Waals surface area contributed by atoms with Gasteiger partial charge in [0.2, 0.25) is 0 Å². The van der Waals surface area contributed by atoms with Gasteiger partial charge in [-0.25, -0.2) is 0 Å². The molecule has 0 bridgehead atoms. The summed E-state index contributed by atoms with van der Waals surface area (Å²) in [6.07, 6.45) is 7.11. The van der Waals surface area contributed by atoms with Crippen molar-refractivity contribution < 1.29 is 4.74 Å². The molecular formula is C19H32O. The van der Waals surface area contributed by atoms with Crippen LogP contribution < -0.4 is 0 Å². The van der Waals surface area contributed by atoms with Crippen LogP contribution in [0.15, 0.2) is 35.5 Å². The zero-order valence-corrected chi connectivity index (χ0v) is 14.0. The Balaban J connectivity index is 0.000000956. The fourth-order valence-corrected chi connectivity index (χ4v) is 3.38. The molecule has 1 heterocycles. The Bertz CT molecular complexity index is 381. The molecule has 0 amide bonds. The van der Waals surface area contributed by atoms with Gasteiger partial charge in [0.25, 0.3) is 0 Å². The van der Waals surface area contributed by atoms with Crippen LogP contribution in [0.25, 0.3) is 0 Å². The van der Waals surface area contributed by atoms with E-state index >= 15 is 0 Å². The van der Waals surface area contributed by atoms with E-state index in [-0.39, 0.29) is 0 Å². The summed E-state index contributed by atoms with van der Waals surface area (Å²) < 4.78 is 5.53. The Morgan fingerprint density at radius 3 is 2.15 bits per heavy atom. The molecule has 0 atom stereocenters. The number of rotatable bonds is 4. The summed E-state index contributed by atoms with van der Waals surface area (Å²) in [4.78, 5) is 0. The lowest BCUT2D eigenvalue weighted by atomic mass is 9.76. The van der Waals surface area contributed by atoms with Crippen LogP contribution in [-0.4, -0.2) is 13.2 Å². The van der Waals surface area contributed by atoms with Crippen molar-refractivity contribution in [3.63, 3.8) is 0 Å². The molecule has 114 valence electrons. The monoisotopic (exact) mass is 276 g/mol. The second kappa shape index (κ2) is 7.83. The van der Waals surface area contributed by atoms with Gasteiger partial charge in [-0.05, 0) is 55.6 Å². The van der Waals surface area contributed by atoms with Crippen molar-refractivity contribution in [3.8, 4) is 0 Å². The van der Waals surface area contributed by atoms with Crippen molar-refractivity contribution in [1.29, 1.82) is 0 Å². The predicted molar refractivity (Wildman–Crippen MR) is 89.0 cm³/mol. The van der Waals surface area contributed by atoms with Crippen molar-refractivity contribution >= 4 is 0 Å². The number of ether oxygens (including phenoxy) is 1. The summed E-state index contributed by atoms with van der Waals surface area (Å²) in [5.74, 6) is 0. The maximum Gasteiger partial charge on any atom is 0.0471 e. The van der Waals surface area contributed by atoms with Gasteiger partial charge in [0, 0.05) is 13.2 Å². The van der Waals surface area contributed by atoms with Gasteiger partial charge in [-0.15, -0.1) is 0 Å². The fraction of sp³-hybridized carbons (Fsp3) is 0.684. The van der Waals surface area contributed by atoms with E-state index in [0.717, 1.165) is 19.6 Å². The Kier molecular flexibility index (Phi) is 6.75. The molecular weight excluding hydrogens is 244 g/mol. The average Bonchev–Trinajstić information content (AvgIpc) is 2.82. The first-order valence-corrected chi connectivity index (χ1v) is 8.22. The molecule has 2 rings (SSSR count). The second-order valence-electron chi connectivity index (χ2n) is 6.06. The molecule has 0 unspecified atom stereocenters. The summed E-state index contributed by atoms with van der Waals surface area (Å²) in [6, 6.07) is 0. The van der Waals surface area contributed by atoms with E-state index in [9.17, 15) is 0 Å². The van der Waals surface area contributed by atoms with Crippen LogP contribution in [0.2, 0.25) is 0 Å². The zero-order valence-electron chi connectivity index (χ0n) is 14.0. The van der Waals surface area contributed by atoms with E-state index in [1.54, 1.807) is 0 Å². The first-order chi connectivity index (χ1) is 9.58. The van der Waals surface area contributed by atoms with Gasteiger partial charge < -0.3 is 4.74 Å². The predicted octanol–water partition coefficient (Wildman–Crippen LogP) is 5.83. The van der Waals surface area contributed by atoms with Crippen molar-refractivity contribution in [2.75, 3.05) is 13.2 Å². The lowest BCUT2D eigenvalue weighted by Gasteiger charge is -2.34. The average molecular weight is 276 g/mol. The van der Waals surface area contributed by atoms with Gasteiger partial charge in [0.05, 0.1) is 0 Å². The van der Waals surface area contributed by atoms with Crippen LogP contribution in [-0.2, 0) is 4.74 Å². The van der Waals surface area contributed by atoms with Gasteiger partial charge in [0.15, 0.2) is 0 Å². The van der Waals surface area contributed by atoms with Crippen molar-refractivity contribution in [3.05, 3.63) is 35.5 Å². The third-order valence-electron chi connectivity index (χ3n) is 4.52. The highest BCUT2D eigenvalue weighted by Gasteiger charge is 2.40. The molecule has 1 fully saturated rings. The van der Waals surface area contributed by atoms with Gasteiger partial charge in [0.1, 0.15) is 0 Å². The molecule has 1 nitrogen and oxygen atoms in total. The number of hydrogen-bond acceptors (Lipinski definition) is 1. The van der Waals surface area contributed by atoms with E-state index in [1.165, 1.54) is 54.4 Å². The first-order valence-electron chi connectivity index (χ1n) is 8.22. The third-order valence-corrected chi connectivity index (χ3v) is 4.52. The zero-order chi connectivity index (χ0) is 15.2. The fourth-order valence-electron chi connectivity index (χ4n) is 3.38. The lowest BCUT2D eigenvalue weighted by Crippen LogP contribution is -2.27. The van der Waals surface area contributed by atoms with Gasteiger partial charge in [-0.3, -0.25) is 0 Å². The van der Waals surface area contributed by atoms with E-state index < -0.39 is 0 Å². The van der Waals surface area contributed by atoms with Gasteiger partial charge in [-0.2, -0.15) is 0 Å². The van der Waals surface area contributed by atoms with Crippen molar-refractivity contribution in [2.24, 2.45) is 5.41 Å². The van der Waals surface area contributed by atoms with Crippen LogP contribution in [0.1, 0.15) is 66.2 Å². The van der Waals surface area contributed by atoms with Gasteiger partial charge in [-0.1, -0.05) is 51.5 Å². The van der Waals surface area contributed by atoms with E-state index in [0.29, 0.717) is 5.41 Å². The van der Waals surface area contributed by atoms with Crippen LogP contribution in [0.4, 0.5) is 0 Å². The smallest absolute Gasteiger partial charge is 0.0471 e. The number of allylic oxidation sites excluding steroid dienone is 4. The Morgan fingerprint density at radius 2 is 1.65 bits per heavy atom. The molecule has 20 heavy (non-hydrogen) atoms. The highest BCUT2D eigenvalue weighted by atomic mass is 16.5. The highest BCUT2D eigenvalue weighted by molar-refractivity contribution is 5.47. The first kappa shape index (κ1) is 17.2. The van der Waals surface area contributed by atoms with E-state index in [1.807, 2.05) is 13.8 Å². The lowest BCUT2D eigenvalue weighted by molar-refractivity contribution is 0.0198. The molecule has 1 heteroatoms. The van der Waals surface area contributed by atoms with Crippen molar-refractivity contribution in [1.82, 2.24) is 0 Å². The minimum Gasteiger partial charge on any atom is -0.381 e. The minimum atomic E-state index is 0.457. The Hall–Kier alpha value is -0.820. The maximum absolute atomic E-state index is 5.53. The normalized spacial score (nSPS) is 20.6. The summed E-state index contributed by atoms with van der Waals surface area (Å²) in [5.41, 5.74) is 6.06. The SMILES string of the molecule is C=C(C)C1=C(C(=C)CCC)CC2(CCOCC2)C1.CC. The van der Waals surface area contributed by atoms with Crippen LogP contribution in [0, 0.1) is 5.41 Å². The summed E-state index contributed by atoms with van der Waals surface area (Å²) in [5, 5.41) is 0. The molecule has 0 N–H and O–H groups in total. The topological polar surface area (TPSA) is 9.23 Å². The molecule has 0 aromatic rings. The third kappa shape index (κ3) is 3.85. The van der Waals surface area contributed by atoms with E-state index in [4.69, 9.17) is 4.74 Å². The summed E-state index contributed by atoms with van der Waals surface area (Å²) >= 11 is 0. The van der Waals surface area contributed by atoms with Crippen LogP contribution in [0.3, 0.4) is 0 Å². The Morgan fingerprint density at radius 1 is 1.10 bits per heavy atom. The second-order valence-corrected chi connectivity index (χ2v) is 6.06. The molecule has 0 aromatic heterocycles. The molecule has 0 radical (unpaired) electrons. The molecule has 0 saturated carbocycles. The summed E-state index contributed by atoms with van der Waals surface area (Å²) in [7, 11) is 0. The molecule has 2 aliphatic rings. The van der Waals surface area contributed by atoms with Crippen molar-refractivity contribution in [2.45, 2.75) is 66.2 Å². The molecule has 0 aromatic carbocycles. The van der Waals surface area contributed by atoms with Crippen LogP contribution >= 0.6 is 0 Å².